The molecule has 1 aromatic carbocycles. The van der Waals surface area contributed by atoms with Crippen LogP contribution >= 0.6 is 11.8 Å². The average Bonchev–Trinajstić information content (AvgIpc) is 2.19. The molecule has 0 aliphatic carbocycles. The highest BCUT2D eigenvalue weighted by Gasteiger charge is 2.25. The fourth-order valence-corrected chi connectivity index (χ4v) is 1.81. The minimum absolute atomic E-state index is 0.265. The van der Waals surface area contributed by atoms with Crippen LogP contribution < -0.4 is 5.32 Å². The van der Waals surface area contributed by atoms with E-state index in [9.17, 15) is 17.6 Å². The standard InChI is InChI=1S/C10H11F4NS/c11-8-1-3-9(4-2-8)16-6-5-15-7-10(12,13)14/h1-4,15H,5-7H2. The van der Waals surface area contributed by atoms with Gasteiger partial charge in [-0.2, -0.15) is 13.2 Å². The molecule has 0 saturated heterocycles. The van der Waals surface area contributed by atoms with Gasteiger partial charge in [0.15, 0.2) is 0 Å². The van der Waals surface area contributed by atoms with Crippen molar-refractivity contribution in [1.29, 1.82) is 0 Å². The van der Waals surface area contributed by atoms with Gasteiger partial charge in [0, 0.05) is 17.2 Å². The van der Waals surface area contributed by atoms with E-state index in [1.165, 1.54) is 23.9 Å². The summed E-state index contributed by atoms with van der Waals surface area (Å²) in [7, 11) is 0. The smallest absolute Gasteiger partial charge is 0.308 e. The van der Waals surface area contributed by atoms with Gasteiger partial charge >= 0.3 is 6.18 Å². The third-order valence-electron chi connectivity index (χ3n) is 1.69. The predicted octanol–water partition coefficient (Wildman–Crippen LogP) is 3.07. The Morgan fingerprint density at radius 1 is 1.12 bits per heavy atom. The van der Waals surface area contributed by atoms with Crippen molar-refractivity contribution in [3.05, 3.63) is 30.1 Å². The zero-order valence-corrected chi connectivity index (χ0v) is 9.17. The molecule has 0 bridgehead atoms. The van der Waals surface area contributed by atoms with Crippen molar-refractivity contribution < 1.29 is 17.6 Å². The molecule has 0 saturated carbocycles. The number of hydrogen-bond acceptors (Lipinski definition) is 2. The summed E-state index contributed by atoms with van der Waals surface area (Å²) in [6.07, 6.45) is -4.17. The molecule has 6 heteroatoms. The number of hydrogen-bond donors (Lipinski definition) is 1. The van der Waals surface area contributed by atoms with Crippen molar-refractivity contribution >= 4 is 11.8 Å². The molecule has 0 atom stereocenters. The maximum Gasteiger partial charge on any atom is 0.401 e. The highest BCUT2D eigenvalue weighted by molar-refractivity contribution is 7.99. The fraction of sp³-hybridized carbons (Fsp3) is 0.400. The number of thioether (sulfide) groups is 1. The van der Waals surface area contributed by atoms with Crippen LogP contribution in [0.15, 0.2) is 29.2 Å². The molecule has 1 N–H and O–H groups in total. The van der Waals surface area contributed by atoms with Crippen molar-refractivity contribution in [3.8, 4) is 0 Å². The van der Waals surface area contributed by atoms with Crippen molar-refractivity contribution in [1.82, 2.24) is 5.32 Å². The van der Waals surface area contributed by atoms with Gasteiger partial charge in [-0.1, -0.05) is 0 Å². The molecular formula is C10H11F4NS. The van der Waals surface area contributed by atoms with Gasteiger partial charge in [0.2, 0.25) is 0 Å². The first-order valence-corrected chi connectivity index (χ1v) is 5.62. The SMILES string of the molecule is Fc1ccc(SCCNCC(F)(F)F)cc1. The van der Waals surface area contributed by atoms with E-state index in [0.717, 1.165) is 4.90 Å². The maximum absolute atomic E-state index is 12.5. The molecule has 0 amide bonds. The molecular weight excluding hydrogens is 242 g/mol. The summed E-state index contributed by atoms with van der Waals surface area (Å²) in [6, 6.07) is 5.85. The van der Waals surface area contributed by atoms with Gasteiger partial charge in [0.25, 0.3) is 0 Å². The quantitative estimate of drug-likeness (QED) is 0.491. The zero-order chi connectivity index (χ0) is 12.0. The fourth-order valence-electron chi connectivity index (χ4n) is 1.00. The lowest BCUT2D eigenvalue weighted by Crippen LogP contribution is -2.30. The first kappa shape index (κ1) is 13.3. The van der Waals surface area contributed by atoms with Crippen LogP contribution in [0.5, 0.6) is 0 Å². The topological polar surface area (TPSA) is 12.0 Å². The second-order valence-electron chi connectivity index (χ2n) is 3.09. The first-order chi connectivity index (χ1) is 7.47. The van der Waals surface area contributed by atoms with E-state index < -0.39 is 12.7 Å². The van der Waals surface area contributed by atoms with Crippen LogP contribution in [0.25, 0.3) is 0 Å². The summed E-state index contributed by atoms with van der Waals surface area (Å²) in [4.78, 5) is 0.843. The monoisotopic (exact) mass is 253 g/mol. The lowest BCUT2D eigenvalue weighted by molar-refractivity contribution is -0.124. The van der Waals surface area contributed by atoms with Crippen molar-refractivity contribution in [2.45, 2.75) is 11.1 Å². The molecule has 90 valence electrons. The number of alkyl halides is 3. The van der Waals surface area contributed by atoms with Crippen LogP contribution in [0, 0.1) is 5.82 Å². The van der Waals surface area contributed by atoms with Gasteiger partial charge in [0.1, 0.15) is 5.82 Å². The Morgan fingerprint density at radius 3 is 2.31 bits per heavy atom. The third-order valence-corrected chi connectivity index (χ3v) is 2.70. The van der Waals surface area contributed by atoms with Gasteiger partial charge in [-0.25, -0.2) is 4.39 Å². The molecule has 0 aromatic heterocycles. The van der Waals surface area contributed by atoms with Crippen LogP contribution in [0.4, 0.5) is 17.6 Å². The summed E-state index contributed by atoms with van der Waals surface area (Å²) in [5.41, 5.74) is 0. The van der Waals surface area contributed by atoms with E-state index in [-0.39, 0.29) is 12.4 Å². The largest absolute Gasteiger partial charge is 0.401 e. The Balaban J connectivity index is 2.14. The molecule has 0 aliphatic heterocycles. The molecule has 16 heavy (non-hydrogen) atoms. The number of benzene rings is 1. The molecule has 0 fully saturated rings. The van der Waals surface area contributed by atoms with Crippen LogP contribution in [-0.2, 0) is 0 Å². The van der Waals surface area contributed by atoms with Crippen molar-refractivity contribution in [3.63, 3.8) is 0 Å². The number of nitrogens with one attached hydrogen (secondary N) is 1. The minimum Gasteiger partial charge on any atom is -0.308 e. The van der Waals surface area contributed by atoms with Gasteiger partial charge in [-0.15, -0.1) is 11.8 Å². The second kappa shape index (κ2) is 6.10. The maximum atomic E-state index is 12.5. The lowest BCUT2D eigenvalue weighted by atomic mass is 10.4. The first-order valence-electron chi connectivity index (χ1n) is 4.63. The molecule has 1 nitrogen and oxygen atoms in total. The molecule has 0 spiro atoms. The molecule has 1 rings (SSSR count). The zero-order valence-electron chi connectivity index (χ0n) is 8.35. The van der Waals surface area contributed by atoms with E-state index in [2.05, 4.69) is 5.32 Å². The molecule has 0 unspecified atom stereocenters. The van der Waals surface area contributed by atoms with Gasteiger partial charge < -0.3 is 5.32 Å². The second-order valence-corrected chi connectivity index (χ2v) is 4.26. The normalized spacial score (nSPS) is 11.8. The predicted molar refractivity (Wildman–Crippen MR) is 56.0 cm³/mol. The van der Waals surface area contributed by atoms with Gasteiger partial charge in [-0.3, -0.25) is 0 Å². The Morgan fingerprint density at radius 2 is 1.75 bits per heavy atom. The average molecular weight is 253 g/mol. The number of rotatable bonds is 5. The van der Waals surface area contributed by atoms with E-state index in [1.54, 1.807) is 12.1 Å². The van der Waals surface area contributed by atoms with Crippen LogP contribution in [0.1, 0.15) is 0 Å². The van der Waals surface area contributed by atoms with E-state index in [0.29, 0.717) is 5.75 Å². The molecule has 0 radical (unpaired) electrons. The summed E-state index contributed by atoms with van der Waals surface area (Å²) >= 11 is 1.38. The van der Waals surface area contributed by atoms with E-state index >= 15 is 0 Å². The van der Waals surface area contributed by atoms with E-state index in [4.69, 9.17) is 0 Å². The van der Waals surface area contributed by atoms with Crippen molar-refractivity contribution in [2.75, 3.05) is 18.8 Å². The van der Waals surface area contributed by atoms with Crippen LogP contribution in [-0.4, -0.2) is 25.0 Å². The minimum atomic E-state index is -4.17. The van der Waals surface area contributed by atoms with Crippen LogP contribution in [0.3, 0.4) is 0 Å². The highest BCUT2D eigenvalue weighted by atomic mass is 32.2. The molecule has 0 aliphatic rings. The summed E-state index contributed by atoms with van der Waals surface area (Å²) < 4.78 is 47.7. The summed E-state index contributed by atoms with van der Waals surface area (Å²) in [5, 5.41) is 2.29. The number of halogens is 4. The van der Waals surface area contributed by atoms with Crippen molar-refractivity contribution in [2.24, 2.45) is 0 Å². The lowest BCUT2D eigenvalue weighted by Gasteiger charge is -2.07. The highest BCUT2D eigenvalue weighted by Crippen LogP contribution is 2.17. The summed E-state index contributed by atoms with van der Waals surface area (Å²) in [5.74, 6) is 0.196. The Hall–Kier alpha value is -0.750. The molecule has 1 aromatic rings. The third kappa shape index (κ3) is 5.97. The van der Waals surface area contributed by atoms with E-state index in [1.807, 2.05) is 0 Å². The molecule has 0 heterocycles. The Kier molecular flexibility index (Phi) is 5.08. The van der Waals surface area contributed by atoms with Gasteiger partial charge in [0.05, 0.1) is 6.54 Å². The van der Waals surface area contributed by atoms with Crippen LogP contribution in [0.2, 0.25) is 0 Å². The Bertz CT molecular complexity index is 310. The Labute approximate surface area is 95.2 Å². The van der Waals surface area contributed by atoms with Gasteiger partial charge in [-0.05, 0) is 24.3 Å². The summed E-state index contributed by atoms with van der Waals surface area (Å²) in [6.45, 7) is -0.710.